The standard InChI is InChI=1S/C15H16ClNS/c16-13-5-3-11(4-6-13)12-8-14(9-12)17-10-15-2-1-7-18-15/h1-7,12,14,17H,8-10H2. The summed E-state index contributed by atoms with van der Waals surface area (Å²) in [5.41, 5.74) is 1.42. The van der Waals surface area contributed by atoms with Crippen LogP contribution in [0.1, 0.15) is 29.2 Å². The molecule has 0 amide bonds. The van der Waals surface area contributed by atoms with Gasteiger partial charge in [0.05, 0.1) is 0 Å². The van der Waals surface area contributed by atoms with Crippen LogP contribution in [0.2, 0.25) is 5.02 Å². The van der Waals surface area contributed by atoms with E-state index in [-0.39, 0.29) is 0 Å². The molecule has 0 spiro atoms. The van der Waals surface area contributed by atoms with Crippen molar-refractivity contribution in [2.24, 2.45) is 0 Å². The van der Waals surface area contributed by atoms with Crippen molar-refractivity contribution in [1.82, 2.24) is 5.32 Å². The zero-order valence-electron chi connectivity index (χ0n) is 10.1. The van der Waals surface area contributed by atoms with Crippen molar-refractivity contribution < 1.29 is 0 Å². The number of halogens is 1. The van der Waals surface area contributed by atoms with Crippen LogP contribution in [0.3, 0.4) is 0 Å². The summed E-state index contributed by atoms with van der Waals surface area (Å²) in [4.78, 5) is 1.42. The smallest absolute Gasteiger partial charge is 0.0406 e. The summed E-state index contributed by atoms with van der Waals surface area (Å²) in [6, 6.07) is 13.3. The van der Waals surface area contributed by atoms with E-state index in [4.69, 9.17) is 11.6 Å². The summed E-state index contributed by atoms with van der Waals surface area (Å²) < 4.78 is 0. The fourth-order valence-electron chi connectivity index (χ4n) is 2.45. The first-order valence-electron chi connectivity index (χ1n) is 6.32. The minimum absolute atomic E-state index is 0.674. The number of hydrogen-bond acceptors (Lipinski definition) is 2. The molecule has 1 aliphatic carbocycles. The van der Waals surface area contributed by atoms with Crippen LogP contribution >= 0.6 is 22.9 Å². The van der Waals surface area contributed by atoms with E-state index in [0.717, 1.165) is 11.6 Å². The second kappa shape index (κ2) is 5.43. The fraction of sp³-hybridized carbons (Fsp3) is 0.333. The Morgan fingerprint density at radius 2 is 1.94 bits per heavy atom. The molecule has 0 unspecified atom stereocenters. The lowest BCUT2D eigenvalue weighted by Crippen LogP contribution is -2.39. The van der Waals surface area contributed by atoms with Gasteiger partial charge < -0.3 is 5.32 Å². The number of benzene rings is 1. The van der Waals surface area contributed by atoms with Gasteiger partial charge in [0.2, 0.25) is 0 Å². The third-order valence-corrected chi connectivity index (χ3v) is 4.75. The second-order valence-electron chi connectivity index (χ2n) is 4.88. The van der Waals surface area contributed by atoms with E-state index in [0.29, 0.717) is 12.0 Å². The number of nitrogens with one attached hydrogen (secondary N) is 1. The molecular formula is C15H16ClNS. The molecule has 0 aliphatic heterocycles. The summed E-state index contributed by atoms with van der Waals surface area (Å²) in [6.07, 6.45) is 2.49. The number of hydrogen-bond donors (Lipinski definition) is 1. The average Bonchev–Trinajstić information content (AvgIpc) is 2.82. The Hall–Kier alpha value is -0.830. The highest BCUT2D eigenvalue weighted by molar-refractivity contribution is 7.09. The minimum atomic E-state index is 0.674. The summed E-state index contributed by atoms with van der Waals surface area (Å²) in [6.45, 7) is 1.01. The largest absolute Gasteiger partial charge is 0.309 e. The third kappa shape index (κ3) is 2.77. The van der Waals surface area contributed by atoms with Crippen molar-refractivity contribution in [2.75, 3.05) is 0 Å². The van der Waals surface area contributed by atoms with Crippen LogP contribution in [0.25, 0.3) is 0 Å². The lowest BCUT2D eigenvalue weighted by molar-refractivity contribution is 0.290. The van der Waals surface area contributed by atoms with Gasteiger partial charge in [0.15, 0.2) is 0 Å². The van der Waals surface area contributed by atoms with Crippen LogP contribution in [0, 0.1) is 0 Å². The molecule has 0 radical (unpaired) electrons. The van der Waals surface area contributed by atoms with E-state index >= 15 is 0 Å². The molecule has 0 bridgehead atoms. The highest BCUT2D eigenvalue weighted by Crippen LogP contribution is 2.37. The second-order valence-corrected chi connectivity index (χ2v) is 6.35. The molecule has 0 atom stereocenters. The quantitative estimate of drug-likeness (QED) is 0.871. The molecule has 18 heavy (non-hydrogen) atoms. The molecule has 1 nitrogen and oxygen atoms in total. The maximum atomic E-state index is 5.90. The summed E-state index contributed by atoms with van der Waals surface area (Å²) in [5, 5.41) is 6.57. The van der Waals surface area contributed by atoms with E-state index in [9.17, 15) is 0 Å². The van der Waals surface area contributed by atoms with Gasteiger partial charge in [-0.05, 0) is 47.9 Å². The molecule has 1 saturated carbocycles. The first kappa shape index (κ1) is 12.2. The van der Waals surface area contributed by atoms with E-state index < -0.39 is 0 Å². The van der Waals surface area contributed by atoms with Gasteiger partial charge in [-0.25, -0.2) is 0 Å². The van der Waals surface area contributed by atoms with Gasteiger partial charge >= 0.3 is 0 Å². The van der Waals surface area contributed by atoms with Crippen molar-refractivity contribution in [1.29, 1.82) is 0 Å². The molecule has 3 heteroatoms. The normalized spacial score (nSPS) is 22.7. The Bertz CT molecular complexity index is 486. The summed E-state index contributed by atoms with van der Waals surface area (Å²) >= 11 is 7.72. The van der Waals surface area contributed by atoms with Crippen LogP contribution in [0.4, 0.5) is 0 Å². The van der Waals surface area contributed by atoms with Gasteiger partial charge in [0.1, 0.15) is 0 Å². The van der Waals surface area contributed by atoms with Gasteiger partial charge in [-0.3, -0.25) is 0 Å². The first-order chi connectivity index (χ1) is 8.81. The lowest BCUT2D eigenvalue weighted by Gasteiger charge is -2.36. The van der Waals surface area contributed by atoms with Crippen molar-refractivity contribution in [3.05, 3.63) is 57.2 Å². The topological polar surface area (TPSA) is 12.0 Å². The maximum absolute atomic E-state index is 5.90. The molecule has 1 aromatic carbocycles. The predicted octanol–water partition coefficient (Wildman–Crippen LogP) is 4.44. The molecule has 1 fully saturated rings. The van der Waals surface area contributed by atoms with E-state index in [1.54, 1.807) is 0 Å². The molecule has 0 saturated heterocycles. The highest BCUT2D eigenvalue weighted by Gasteiger charge is 2.29. The van der Waals surface area contributed by atoms with E-state index in [1.165, 1.54) is 23.3 Å². The van der Waals surface area contributed by atoms with Crippen LogP contribution in [-0.2, 0) is 6.54 Å². The average molecular weight is 278 g/mol. The maximum Gasteiger partial charge on any atom is 0.0406 e. The monoisotopic (exact) mass is 277 g/mol. The van der Waals surface area contributed by atoms with Gasteiger partial charge in [-0.15, -0.1) is 11.3 Å². The van der Waals surface area contributed by atoms with Crippen molar-refractivity contribution in [3.8, 4) is 0 Å². The first-order valence-corrected chi connectivity index (χ1v) is 7.58. The Labute approximate surface area is 117 Å². The molecule has 1 N–H and O–H groups in total. The van der Waals surface area contributed by atoms with Gasteiger partial charge in [-0.2, -0.15) is 0 Å². The Morgan fingerprint density at radius 3 is 2.61 bits per heavy atom. The van der Waals surface area contributed by atoms with Gasteiger partial charge in [-0.1, -0.05) is 29.8 Å². The Kier molecular flexibility index (Phi) is 3.69. The Morgan fingerprint density at radius 1 is 1.17 bits per heavy atom. The molecule has 1 aliphatic rings. The van der Waals surface area contributed by atoms with E-state index in [2.05, 4.69) is 35.0 Å². The summed E-state index contributed by atoms with van der Waals surface area (Å²) in [5.74, 6) is 0.711. The lowest BCUT2D eigenvalue weighted by atomic mass is 9.76. The SMILES string of the molecule is Clc1ccc(C2CC(NCc3cccs3)C2)cc1. The van der Waals surface area contributed by atoms with Crippen molar-refractivity contribution in [2.45, 2.75) is 31.3 Å². The molecule has 3 rings (SSSR count). The third-order valence-electron chi connectivity index (χ3n) is 3.62. The van der Waals surface area contributed by atoms with Crippen LogP contribution in [0.5, 0.6) is 0 Å². The van der Waals surface area contributed by atoms with Crippen molar-refractivity contribution >= 4 is 22.9 Å². The molecule has 1 aromatic heterocycles. The van der Waals surface area contributed by atoms with Gasteiger partial charge in [0.25, 0.3) is 0 Å². The van der Waals surface area contributed by atoms with E-state index in [1.807, 2.05) is 23.5 Å². The van der Waals surface area contributed by atoms with Crippen LogP contribution in [-0.4, -0.2) is 6.04 Å². The number of rotatable bonds is 4. The Balaban J connectivity index is 1.47. The molecular weight excluding hydrogens is 262 g/mol. The minimum Gasteiger partial charge on any atom is -0.309 e. The molecule has 94 valence electrons. The van der Waals surface area contributed by atoms with Crippen molar-refractivity contribution in [3.63, 3.8) is 0 Å². The fourth-order valence-corrected chi connectivity index (χ4v) is 3.23. The van der Waals surface area contributed by atoms with Gasteiger partial charge in [0, 0.05) is 22.5 Å². The predicted molar refractivity (Wildman–Crippen MR) is 78.4 cm³/mol. The van der Waals surface area contributed by atoms with Crippen LogP contribution < -0.4 is 5.32 Å². The molecule has 1 heterocycles. The molecule has 2 aromatic rings. The highest BCUT2D eigenvalue weighted by atomic mass is 35.5. The zero-order chi connectivity index (χ0) is 12.4. The number of thiophene rings is 1. The summed E-state index contributed by atoms with van der Waals surface area (Å²) in [7, 11) is 0. The van der Waals surface area contributed by atoms with Crippen LogP contribution in [0.15, 0.2) is 41.8 Å². The zero-order valence-corrected chi connectivity index (χ0v) is 11.7.